The van der Waals surface area contributed by atoms with E-state index >= 15 is 0 Å². The second-order valence-corrected chi connectivity index (χ2v) is 7.66. The highest BCUT2D eigenvalue weighted by Crippen LogP contribution is 2.32. The summed E-state index contributed by atoms with van der Waals surface area (Å²) >= 11 is 0. The minimum absolute atomic E-state index is 0.0218. The van der Waals surface area contributed by atoms with Crippen LogP contribution in [0.4, 0.5) is 0 Å². The summed E-state index contributed by atoms with van der Waals surface area (Å²) in [5.41, 5.74) is -0.899. The van der Waals surface area contributed by atoms with Gasteiger partial charge in [-0.05, 0) is 44.4 Å². The summed E-state index contributed by atoms with van der Waals surface area (Å²) < 4.78 is 32.3. The van der Waals surface area contributed by atoms with Crippen LogP contribution in [0.3, 0.4) is 0 Å². The lowest BCUT2D eigenvalue weighted by molar-refractivity contribution is 0.127. The van der Waals surface area contributed by atoms with E-state index in [1.807, 2.05) is 0 Å². The average molecular weight is 286 g/mol. The van der Waals surface area contributed by atoms with Crippen molar-refractivity contribution in [3.8, 4) is 6.07 Å². The van der Waals surface area contributed by atoms with Crippen LogP contribution in [0.1, 0.15) is 45.4 Å². The molecule has 0 aromatic rings. The molecule has 19 heavy (non-hydrogen) atoms. The molecule has 1 unspecified atom stereocenters. The van der Waals surface area contributed by atoms with Crippen LogP contribution in [0.15, 0.2) is 0 Å². The monoisotopic (exact) mass is 286 g/mol. The quantitative estimate of drug-likeness (QED) is 0.850. The van der Waals surface area contributed by atoms with E-state index in [1.165, 1.54) is 0 Å². The first-order valence-corrected chi connectivity index (χ1v) is 8.64. The van der Waals surface area contributed by atoms with Crippen LogP contribution in [0, 0.1) is 17.2 Å². The predicted molar refractivity (Wildman–Crippen MR) is 71.9 cm³/mol. The number of hydrogen-bond donors (Lipinski definition) is 1. The lowest BCUT2D eigenvalue weighted by atomic mass is 9.79. The first kappa shape index (κ1) is 14.8. The predicted octanol–water partition coefficient (Wildman–Crippen LogP) is 1.56. The Bertz CT molecular complexity index is 441. The molecule has 108 valence electrons. The molecule has 1 heterocycles. The van der Waals surface area contributed by atoms with Gasteiger partial charge in [0.25, 0.3) is 0 Å². The summed E-state index contributed by atoms with van der Waals surface area (Å²) in [6.07, 6.45) is 4.51. The maximum Gasteiger partial charge on any atom is 0.215 e. The number of nitriles is 1. The van der Waals surface area contributed by atoms with E-state index in [1.54, 1.807) is 0 Å². The van der Waals surface area contributed by atoms with Gasteiger partial charge in [-0.1, -0.05) is 6.92 Å². The zero-order chi connectivity index (χ0) is 13.9. The van der Waals surface area contributed by atoms with Crippen molar-refractivity contribution < 1.29 is 13.2 Å². The molecule has 1 aliphatic carbocycles. The van der Waals surface area contributed by atoms with Crippen molar-refractivity contribution in [3.63, 3.8) is 0 Å². The van der Waals surface area contributed by atoms with Crippen molar-refractivity contribution in [3.05, 3.63) is 0 Å². The summed E-state index contributed by atoms with van der Waals surface area (Å²) in [5.74, 6) is 0.551. The fourth-order valence-electron chi connectivity index (χ4n) is 2.85. The van der Waals surface area contributed by atoms with Gasteiger partial charge in [0, 0.05) is 6.61 Å². The van der Waals surface area contributed by atoms with Gasteiger partial charge in [0.15, 0.2) is 0 Å². The second-order valence-electron chi connectivity index (χ2n) is 5.89. The highest BCUT2D eigenvalue weighted by Gasteiger charge is 2.38. The number of nitrogens with zero attached hydrogens (tertiary/aromatic N) is 1. The molecule has 1 atom stereocenters. The molecule has 1 aliphatic heterocycles. The van der Waals surface area contributed by atoms with Gasteiger partial charge in [-0.3, -0.25) is 0 Å². The SMILES string of the molecule is CC1CCC(C#N)(NS(=O)(=O)CC2CCCO2)CC1. The van der Waals surface area contributed by atoms with E-state index in [0.29, 0.717) is 25.4 Å². The van der Waals surface area contributed by atoms with E-state index in [4.69, 9.17) is 4.74 Å². The van der Waals surface area contributed by atoms with Gasteiger partial charge in [-0.25, -0.2) is 8.42 Å². The van der Waals surface area contributed by atoms with Crippen LogP contribution in [-0.2, 0) is 14.8 Å². The fraction of sp³-hybridized carbons (Fsp3) is 0.923. The zero-order valence-electron chi connectivity index (χ0n) is 11.4. The van der Waals surface area contributed by atoms with Gasteiger partial charge >= 0.3 is 0 Å². The molecule has 1 saturated heterocycles. The second kappa shape index (κ2) is 5.78. The minimum atomic E-state index is -3.45. The van der Waals surface area contributed by atoms with Crippen LogP contribution in [0.2, 0.25) is 0 Å². The van der Waals surface area contributed by atoms with Crippen molar-refractivity contribution in [1.82, 2.24) is 4.72 Å². The van der Waals surface area contributed by atoms with Crippen molar-refractivity contribution in [2.75, 3.05) is 12.4 Å². The number of ether oxygens (including phenoxy) is 1. The molecule has 1 saturated carbocycles. The van der Waals surface area contributed by atoms with Gasteiger partial charge in [0.2, 0.25) is 10.0 Å². The first-order chi connectivity index (χ1) is 8.95. The van der Waals surface area contributed by atoms with E-state index in [2.05, 4.69) is 17.7 Å². The van der Waals surface area contributed by atoms with Crippen LogP contribution in [0.25, 0.3) is 0 Å². The highest BCUT2D eigenvalue weighted by atomic mass is 32.2. The number of rotatable bonds is 4. The van der Waals surface area contributed by atoms with E-state index in [9.17, 15) is 13.7 Å². The molecule has 0 spiro atoms. The molecule has 6 heteroatoms. The Kier molecular flexibility index (Phi) is 4.49. The van der Waals surface area contributed by atoms with Gasteiger partial charge in [-0.2, -0.15) is 9.98 Å². The molecule has 5 nitrogen and oxygen atoms in total. The number of sulfonamides is 1. The Labute approximate surface area is 115 Å². The maximum absolute atomic E-state index is 12.2. The lowest BCUT2D eigenvalue weighted by Gasteiger charge is -2.34. The standard InChI is InChI=1S/C13H22N2O3S/c1-11-4-6-13(10-14,7-5-11)15-19(16,17)9-12-3-2-8-18-12/h11-12,15H,2-9H2,1H3. The maximum atomic E-state index is 12.2. The molecular weight excluding hydrogens is 264 g/mol. The molecule has 0 radical (unpaired) electrons. The topological polar surface area (TPSA) is 79.2 Å². The number of hydrogen-bond acceptors (Lipinski definition) is 4. The number of nitrogens with one attached hydrogen (secondary N) is 1. The Balaban J connectivity index is 1.99. The largest absolute Gasteiger partial charge is 0.377 e. The molecule has 2 rings (SSSR count). The third-order valence-corrected chi connectivity index (χ3v) is 5.63. The van der Waals surface area contributed by atoms with Crippen molar-refractivity contribution in [2.24, 2.45) is 5.92 Å². The Morgan fingerprint density at radius 1 is 1.37 bits per heavy atom. The third-order valence-electron chi connectivity index (χ3n) is 4.12. The Hall–Kier alpha value is -0.640. The van der Waals surface area contributed by atoms with Gasteiger partial charge in [-0.15, -0.1) is 0 Å². The molecule has 0 bridgehead atoms. The molecule has 2 aliphatic rings. The highest BCUT2D eigenvalue weighted by molar-refractivity contribution is 7.89. The molecule has 2 fully saturated rings. The lowest BCUT2D eigenvalue weighted by Crippen LogP contribution is -2.51. The molecule has 1 N–H and O–H groups in total. The van der Waals surface area contributed by atoms with Crippen LogP contribution < -0.4 is 4.72 Å². The normalized spacial score (nSPS) is 36.0. The van der Waals surface area contributed by atoms with Gasteiger partial charge in [0.05, 0.1) is 17.9 Å². The smallest absolute Gasteiger partial charge is 0.215 e. The van der Waals surface area contributed by atoms with E-state index in [0.717, 1.165) is 25.7 Å². The molecule has 0 amide bonds. The summed E-state index contributed by atoms with van der Waals surface area (Å²) in [7, 11) is -3.45. The summed E-state index contributed by atoms with van der Waals surface area (Å²) in [4.78, 5) is 0. The summed E-state index contributed by atoms with van der Waals surface area (Å²) in [6.45, 7) is 2.78. The Morgan fingerprint density at radius 2 is 2.05 bits per heavy atom. The first-order valence-electron chi connectivity index (χ1n) is 6.99. The van der Waals surface area contributed by atoms with Crippen LogP contribution in [-0.4, -0.2) is 32.4 Å². The zero-order valence-corrected chi connectivity index (χ0v) is 12.2. The van der Waals surface area contributed by atoms with Gasteiger partial charge < -0.3 is 4.74 Å². The van der Waals surface area contributed by atoms with E-state index in [-0.39, 0.29) is 11.9 Å². The van der Waals surface area contributed by atoms with Crippen molar-refractivity contribution in [1.29, 1.82) is 5.26 Å². The molecular formula is C13H22N2O3S. The van der Waals surface area contributed by atoms with Crippen molar-refractivity contribution in [2.45, 2.75) is 57.1 Å². The molecule has 0 aromatic heterocycles. The van der Waals surface area contributed by atoms with Crippen LogP contribution in [0.5, 0.6) is 0 Å². The van der Waals surface area contributed by atoms with E-state index < -0.39 is 15.6 Å². The minimum Gasteiger partial charge on any atom is -0.377 e. The summed E-state index contributed by atoms with van der Waals surface area (Å²) in [5, 5.41) is 9.34. The average Bonchev–Trinajstić information content (AvgIpc) is 2.84. The third kappa shape index (κ3) is 3.91. The Morgan fingerprint density at radius 3 is 2.58 bits per heavy atom. The van der Waals surface area contributed by atoms with Gasteiger partial charge in [0.1, 0.15) is 5.54 Å². The molecule has 0 aromatic carbocycles. The fourth-order valence-corrected chi connectivity index (χ4v) is 4.53. The van der Waals surface area contributed by atoms with Crippen LogP contribution >= 0.6 is 0 Å². The summed E-state index contributed by atoms with van der Waals surface area (Å²) in [6, 6.07) is 2.19. The van der Waals surface area contributed by atoms with Crippen molar-refractivity contribution >= 4 is 10.0 Å².